The van der Waals surface area contributed by atoms with Gasteiger partial charge in [0.2, 0.25) is 5.91 Å². The van der Waals surface area contributed by atoms with Gasteiger partial charge in [-0.3, -0.25) is 10.1 Å². The first kappa shape index (κ1) is 19.8. The lowest BCUT2D eigenvalue weighted by molar-refractivity contribution is -0.147. The molecule has 21 heavy (non-hydrogen) atoms. The third kappa shape index (κ3) is 7.37. The van der Waals surface area contributed by atoms with Gasteiger partial charge < -0.3 is 27.6 Å². The van der Waals surface area contributed by atoms with E-state index in [0.717, 1.165) is 0 Å². The van der Waals surface area contributed by atoms with Gasteiger partial charge >= 0.3 is 5.97 Å². The summed E-state index contributed by atoms with van der Waals surface area (Å²) < 4.78 is 0. The Bertz CT molecular complexity index is 363. The lowest BCUT2D eigenvalue weighted by Gasteiger charge is -2.32. The van der Waals surface area contributed by atoms with Crippen molar-refractivity contribution in [2.24, 2.45) is 23.1 Å². The van der Waals surface area contributed by atoms with Crippen molar-refractivity contribution in [1.82, 2.24) is 10.6 Å². The number of carbonyl (C=O) groups excluding carboxylic acids is 1. The molecule has 0 spiro atoms. The van der Waals surface area contributed by atoms with E-state index in [9.17, 15) is 9.59 Å². The van der Waals surface area contributed by atoms with Crippen LogP contribution in [0.25, 0.3) is 0 Å². The molecule has 0 heterocycles. The maximum absolute atomic E-state index is 12.3. The lowest BCUT2D eigenvalue weighted by atomic mass is 9.83. The molecule has 0 saturated heterocycles. The Hall–Kier alpha value is -1.22. The first-order valence-corrected chi connectivity index (χ1v) is 6.97. The average molecular weight is 303 g/mol. The molecule has 0 radical (unpaired) electrons. The third-order valence-corrected chi connectivity index (χ3v) is 3.23. The van der Waals surface area contributed by atoms with Gasteiger partial charge in [0.05, 0.1) is 5.92 Å². The molecule has 1 unspecified atom stereocenters. The lowest BCUT2D eigenvalue weighted by Crippen LogP contribution is -2.56. The Morgan fingerprint density at radius 2 is 1.71 bits per heavy atom. The van der Waals surface area contributed by atoms with E-state index in [-0.39, 0.29) is 5.91 Å². The summed E-state index contributed by atoms with van der Waals surface area (Å²) in [6, 6.07) is 0. The van der Waals surface area contributed by atoms with Gasteiger partial charge in [-0.2, -0.15) is 0 Å². The van der Waals surface area contributed by atoms with Crippen molar-refractivity contribution in [3.8, 4) is 0 Å². The summed E-state index contributed by atoms with van der Waals surface area (Å²) in [6.45, 7) is 6.91. The number of rotatable bonds is 9. The maximum atomic E-state index is 12.3. The van der Waals surface area contributed by atoms with Crippen LogP contribution in [0, 0.1) is 5.92 Å². The Morgan fingerprint density at radius 3 is 2.10 bits per heavy atom. The van der Waals surface area contributed by atoms with Crippen molar-refractivity contribution in [3.63, 3.8) is 0 Å². The number of carboxylic acids is 1. The van der Waals surface area contributed by atoms with Gasteiger partial charge in [0.15, 0.2) is 0 Å². The van der Waals surface area contributed by atoms with Crippen molar-refractivity contribution in [2.75, 3.05) is 6.54 Å². The Morgan fingerprint density at radius 1 is 1.19 bits per heavy atom. The highest BCUT2D eigenvalue weighted by atomic mass is 16.4. The van der Waals surface area contributed by atoms with Crippen LogP contribution in [0.5, 0.6) is 0 Å². The summed E-state index contributed by atoms with van der Waals surface area (Å²) in [4.78, 5) is 23.4. The van der Waals surface area contributed by atoms with Crippen LogP contribution < -0.4 is 27.8 Å². The monoisotopic (exact) mass is 303 g/mol. The summed E-state index contributed by atoms with van der Waals surface area (Å²) in [5.74, 6) is -1.97. The number of aliphatic carboxylic acids is 1. The SMILES string of the molecule is CC(C)(NC(=O)C(CCCNC(N)N)C(C)(C)N)C(=O)O. The normalized spacial score (nSPS) is 14.1. The van der Waals surface area contributed by atoms with Crippen molar-refractivity contribution in [1.29, 1.82) is 0 Å². The van der Waals surface area contributed by atoms with Crippen LogP contribution in [0.2, 0.25) is 0 Å². The van der Waals surface area contributed by atoms with Crippen LogP contribution in [-0.2, 0) is 9.59 Å². The topological polar surface area (TPSA) is 156 Å². The van der Waals surface area contributed by atoms with E-state index in [1.165, 1.54) is 13.8 Å². The number of hydrogen-bond donors (Lipinski definition) is 6. The molecule has 0 aromatic heterocycles. The van der Waals surface area contributed by atoms with E-state index in [1.807, 2.05) is 0 Å². The van der Waals surface area contributed by atoms with Gasteiger partial charge in [0.25, 0.3) is 0 Å². The molecule has 1 atom stereocenters. The van der Waals surface area contributed by atoms with Crippen molar-refractivity contribution < 1.29 is 14.7 Å². The minimum Gasteiger partial charge on any atom is -0.480 e. The van der Waals surface area contributed by atoms with Gasteiger partial charge in [0, 0.05) is 5.54 Å². The molecule has 0 fully saturated rings. The van der Waals surface area contributed by atoms with E-state index < -0.39 is 29.3 Å². The molecule has 0 rings (SSSR count). The summed E-state index contributed by atoms with van der Waals surface area (Å²) in [6.07, 6.45) is 0.552. The first-order chi connectivity index (χ1) is 9.38. The van der Waals surface area contributed by atoms with E-state index in [1.54, 1.807) is 13.8 Å². The van der Waals surface area contributed by atoms with Crippen molar-refractivity contribution >= 4 is 11.9 Å². The van der Waals surface area contributed by atoms with E-state index in [0.29, 0.717) is 19.4 Å². The highest BCUT2D eigenvalue weighted by Gasteiger charge is 2.36. The number of nitrogens with two attached hydrogens (primary N) is 3. The van der Waals surface area contributed by atoms with Crippen LogP contribution in [0.15, 0.2) is 0 Å². The molecule has 124 valence electrons. The minimum absolute atomic E-state index is 0.369. The molecular formula is C13H29N5O3. The first-order valence-electron chi connectivity index (χ1n) is 6.97. The second-order valence-electron chi connectivity index (χ2n) is 6.42. The van der Waals surface area contributed by atoms with Crippen molar-refractivity contribution in [2.45, 2.75) is 57.9 Å². The van der Waals surface area contributed by atoms with Gasteiger partial charge in [0.1, 0.15) is 11.8 Å². The largest absolute Gasteiger partial charge is 0.480 e. The van der Waals surface area contributed by atoms with Gasteiger partial charge in [-0.15, -0.1) is 0 Å². The van der Waals surface area contributed by atoms with Gasteiger partial charge in [-0.1, -0.05) is 0 Å². The zero-order chi connectivity index (χ0) is 16.8. The molecule has 0 aliphatic carbocycles. The predicted molar refractivity (Wildman–Crippen MR) is 81.0 cm³/mol. The fraction of sp³-hybridized carbons (Fsp3) is 0.846. The number of nitrogens with one attached hydrogen (secondary N) is 2. The standard InChI is InChI=1S/C13H29N5O3/c1-12(2,16)8(6-5-7-17-11(14)15)9(19)18-13(3,4)10(20)21/h8,11,17H,5-7,14-16H2,1-4H3,(H,18,19)(H,20,21). The Kier molecular flexibility index (Phi) is 7.25. The average Bonchev–Trinajstić information content (AvgIpc) is 2.25. The molecule has 0 bridgehead atoms. The maximum Gasteiger partial charge on any atom is 0.328 e. The second-order valence-corrected chi connectivity index (χ2v) is 6.42. The number of carboxylic acid groups (broad SMARTS) is 1. The quantitative estimate of drug-likeness (QED) is 0.233. The van der Waals surface area contributed by atoms with Crippen LogP contribution in [0.4, 0.5) is 0 Å². The van der Waals surface area contributed by atoms with E-state index in [4.69, 9.17) is 22.3 Å². The summed E-state index contributed by atoms with van der Waals surface area (Å²) in [5, 5.41) is 14.4. The molecular weight excluding hydrogens is 274 g/mol. The molecule has 0 aliphatic rings. The van der Waals surface area contributed by atoms with Crippen LogP contribution in [0.1, 0.15) is 40.5 Å². The molecule has 8 nitrogen and oxygen atoms in total. The van der Waals surface area contributed by atoms with E-state index >= 15 is 0 Å². The summed E-state index contributed by atoms with van der Waals surface area (Å²) in [5.41, 5.74) is 14.7. The Balaban J connectivity index is 4.70. The van der Waals surface area contributed by atoms with E-state index in [2.05, 4.69) is 10.6 Å². The molecule has 0 aromatic rings. The highest BCUT2D eigenvalue weighted by molar-refractivity contribution is 5.88. The molecule has 0 aromatic carbocycles. The molecule has 0 aliphatic heterocycles. The summed E-state index contributed by atoms with van der Waals surface area (Å²) >= 11 is 0. The smallest absolute Gasteiger partial charge is 0.328 e. The number of amides is 1. The fourth-order valence-corrected chi connectivity index (χ4v) is 1.86. The number of hydrogen-bond acceptors (Lipinski definition) is 6. The fourth-order valence-electron chi connectivity index (χ4n) is 1.86. The summed E-state index contributed by atoms with van der Waals surface area (Å²) in [7, 11) is 0. The minimum atomic E-state index is -1.33. The van der Waals surface area contributed by atoms with Crippen LogP contribution >= 0.6 is 0 Å². The molecule has 0 saturated carbocycles. The predicted octanol–water partition coefficient (Wildman–Crippen LogP) is -1.11. The zero-order valence-corrected chi connectivity index (χ0v) is 13.3. The van der Waals surface area contributed by atoms with Crippen LogP contribution in [-0.4, -0.2) is 40.9 Å². The molecule has 1 amide bonds. The molecule has 8 heteroatoms. The van der Waals surface area contributed by atoms with Crippen molar-refractivity contribution in [3.05, 3.63) is 0 Å². The number of carbonyl (C=O) groups is 2. The highest BCUT2D eigenvalue weighted by Crippen LogP contribution is 2.21. The zero-order valence-electron chi connectivity index (χ0n) is 13.3. The van der Waals surface area contributed by atoms with Gasteiger partial charge in [-0.25, -0.2) is 4.79 Å². The third-order valence-electron chi connectivity index (χ3n) is 3.23. The van der Waals surface area contributed by atoms with Crippen LogP contribution in [0.3, 0.4) is 0 Å². The Labute approximate surface area is 125 Å². The van der Waals surface area contributed by atoms with Gasteiger partial charge in [-0.05, 0) is 47.1 Å². The second kappa shape index (κ2) is 7.69. The molecule has 9 N–H and O–H groups in total.